The van der Waals surface area contributed by atoms with E-state index in [9.17, 15) is 24.3 Å². The molecule has 0 radical (unpaired) electrons. The van der Waals surface area contributed by atoms with Crippen LogP contribution in [0.15, 0.2) is 25.8 Å². The van der Waals surface area contributed by atoms with Crippen molar-refractivity contribution in [3.63, 3.8) is 0 Å². The van der Waals surface area contributed by atoms with Crippen LogP contribution >= 0.6 is 34.9 Å². The highest BCUT2D eigenvalue weighted by molar-refractivity contribution is 8.19. The summed E-state index contributed by atoms with van der Waals surface area (Å²) in [4.78, 5) is 59.5. The van der Waals surface area contributed by atoms with Gasteiger partial charge in [0.15, 0.2) is 10.3 Å². The minimum absolute atomic E-state index is 0.0238. The maximum atomic E-state index is 12.3. The van der Waals surface area contributed by atoms with Gasteiger partial charge in [-0.3, -0.25) is 14.4 Å². The van der Waals surface area contributed by atoms with E-state index in [0.717, 1.165) is 23.5 Å². The molecule has 0 saturated carbocycles. The predicted molar refractivity (Wildman–Crippen MR) is 115 cm³/mol. The zero-order valence-corrected chi connectivity index (χ0v) is 18.3. The van der Waals surface area contributed by atoms with E-state index in [2.05, 4.69) is 20.3 Å². The lowest BCUT2D eigenvalue weighted by atomic mass is 10.0. The van der Waals surface area contributed by atoms with Gasteiger partial charge in [0.25, 0.3) is 5.91 Å². The normalized spacial score (nSPS) is 17.9. The number of anilines is 1. The van der Waals surface area contributed by atoms with Crippen LogP contribution in [0.25, 0.3) is 0 Å². The average Bonchev–Trinajstić information content (AvgIpc) is 3.24. The van der Waals surface area contributed by atoms with Crippen molar-refractivity contribution in [2.45, 2.75) is 20.3 Å². The Labute approximate surface area is 183 Å². The molecule has 158 valence electrons. The number of hydrogen-bond donors (Lipinski definition) is 2. The predicted octanol–water partition coefficient (Wildman–Crippen LogP) is 1.94. The van der Waals surface area contributed by atoms with Gasteiger partial charge in [0.2, 0.25) is 5.91 Å². The van der Waals surface area contributed by atoms with E-state index in [1.807, 2.05) is 0 Å². The number of ether oxygens (including phenoxy) is 1. The lowest BCUT2D eigenvalue weighted by Gasteiger charge is -2.14. The van der Waals surface area contributed by atoms with Gasteiger partial charge in [0.05, 0.1) is 34.4 Å². The molecule has 0 aromatic carbocycles. The summed E-state index contributed by atoms with van der Waals surface area (Å²) in [6.45, 7) is 3.57. The Bertz CT molecular complexity index is 1010. The third kappa shape index (κ3) is 5.15. The van der Waals surface area contributed by atoms with Gasteiger partial charge in [0, 0.05) is 5.38 Å². The number of carbonyl (C=O) groups excluding carboxylic acids is 3. The minimum Gasteiger partial charge on any atom is -0.477 e. The highest BCUT2D eigenvalue weighted by atomic mass is 32.2. The van der Waals surface area contributed by atoms with Crippen LogP contribution in [0.4, 0.5) is 5.13 Å². The maximum absolute atomic E-state index is 12.3. The summed E-state index contributed by atoms with van der Waals surface area (Å²) in [5.74, 6) is -3.20. The number of fused-ring (bicyclic) bond motifs is 1. The molecule has 13 heteroatoms. The summed E-state index contributed by atoms with van der Waals surface area (Å²) >= 11 is 3.08. The van der Waals surface area contributed by atoms with Crippen molar-refractivity contribution in [3.05, 3.63) is 21.6 Å². The number of hydrogen-bond acceptors (Lipinski definition) is 10. The first-order valence-corrected chi connectivity index (χ1v) is 11.3. The van der Waals surface area contributed by atoms with Crippen LogP contribution in [0.3, 0.4) is 0 Å². The Balaban J connectivity index is 1.54. The van der Waals surface area contributed by atoms with Crippen molar-refractivity contribution in [2.24, 2.45) is 15.9 Å². The molecular weight excluding hydrogens is 452 g/mol. The molecule has 3 heterocycles. The van der Waals surface area contributed by atoms with Crippen molar-refractivity contribution >= 4 is 74.0 Å². The van der Waals surface area contributed by atoms with E-state index in [-0.39, 0.29) is 34.8 Å². The number of rotatable bonds is 7. The highest BCUT2D eigenvalue weighted by Gasteiger charge is 2.40. The topological polar surface area (TPSA) is 147 Å². The van der Waals surface area contributed by atoms with Crippen LogP contribution in [-0.2, 0) is 30.3 Å². The largest absolute Gasteiger partial charge is 0.477 e. The van der Waals surface area contributed by atoms with Crippen LogP contribution in [0, 0.1) is 5.92 Å². The van der Waals surface area contributed by atoms with Crippen molar-refractivity contribution in [1.82, 2.24) is 4.98 Å². The molecule has 1 atom stereocenters. The zero-order valence-electron chi connectivity index (χ0n) is 15.8. The number of nitrogens with zero attached hydrogens (tertiary/aromatic N) is 3. The van der Waals surface area contributed by atoms with E-state index in [0.29, 0.717) is 21.4 Å². The molecule has 2 N–H and O–H groups in total. The van der Waals surface area contributed by atoms with Gasteiger partial charge < -0.3 is 15.2 Å². The number of aromatic nitrogens is 1. The summed E-state index contributed by atoms with van der Waals surface area (Å²) in [6.07, 6.45) is 0.0238. The molecule has 10 nitrogen and oxygen atoms in total. The number of thioether (sulfide) groups is 2. The molecule has 1 aromatic rings. The molecule has 0 spiro atoms. The van der Waals surface area contributed by atoms with Crippen LogP contribution in [0.2, 0.25) is 0 Å². The number of aliphatic imine (C=N–C) groups is 2. The second kappa shape index (κ2) is 9.53. The van der Waals surface area contributed by atoms with Gasteiger partial charge in [-0.05, 0) is 19.4 Å². The average molecular weight is 469 g/mol. The smallest absolute Gasteiger partial charge is 0.342 e. The Morgan fingerprint density at radius 1 is 1.33 bits per heavy atom. The molecule has 0 saturated heterocycles. The second-order valence-electron chi connectivity index (χ2n) is 6.00. The zero-order chi connectivity index (χ0) is 21.8. The fourth-order valence-electron chi connectivity index (χ4n) is 2.58. The number of esters is 1. The lowest BCUT2D eigenvalue weighted by molar-refractivity contribution is -0.142. The van der Waals surface area contributed by atoms with Gasteiger partial charge in [-0.25, -0.2) is 14.8 Å². The van der Waals surface area contributed by atoms with Gasteiger partial charge in [-0.1, -0.05) is 23.5 Å². The number of nitrogens with one attached hydrogen (secondary N) is 1. The first-order chi connectivity index (χ1) is 14.3. The summed E-state index contributed by atoms with van der Waals surface area (Å²) in [6, 6.07) is 0. The molecule has 0 bridgehead atoms. The van der Waals surface area contributed by atoms with Crippen LogP contribution < -0.4 is 5.32 Å². The molecule has 0 aliphatic carbocycles. The number of carbonyl (C=O) groups is 4. The summed E-state index contributed by atoms with van der Waals surface area (Å²) in [5, 5.41) is 14.3. The third-order valence-corrected chi connectivity index (χ3v) is 6.75. The Kier molecular flexibility index (Phi) is 7.05. The minimum atomic E-state index is -1.11. The van der Waals surface area contributed by atoms with Crippen LogP contribution in [0.5, 0.6) is 0 Å². The number of carboxylic acids is 1. The molecule has 3 rings (SSSR count). The Morgan fingerprint density at radius 3 is 2.80 bits per heavy atom. The molecule has 1 unspecified atom stereocenters. The van der Waals surface area contributed by atoms with E-state index in [4.69, 9.17) is 4.74 Å². The van der Waals surface area contributed by atoms with Gasteiger partial charge in [-0.15, -0.1) is 11.3 Å². The molecule has 30 heavy (non-hydrogen) atoms. The number of amidine groups is 1. The summed E-state index contributed by atoms with van der Waals surface area (Å²) in [5.41, 5.74) is 0.917. The van der Waals surface area contributed by atoms with Gasteiger partial charge in [-0.2, -0.15) is 4.99 Å². The molecule has 2 aliphatic heterocycles. The van der Waals surface area contributed by atoms with Crippen LogP contribution in [0.1, 0.15) is 19.5 Å². The molecular formula is C17H16N4O6S3. The first-order valence-electron chi connectivity index (χ1n) is 8.64. The van der Waals surface area contributed by atoms with Crippen LogP contribution in [-0.4, -0.2) is 56.4 Å². The van der Waals surface area contributed by atoms with Crippen molar-refractivity contribution in [2.75, 3.05) is 17.7 Å². The lowest BCUT2D eigenvalue weighted by Crippen LogP contribution is -2.24. The van der Waals surface area contributed by atoms with E-state index < -0.39 is 23.8 Å². The highest BCUT2D eigenvalue weighted by Crippen LogP contribution is 2.41. The van der Waals surface area contributed by atoms with E-state index in [1.165, 1.54) is 11.3 Å². The quantitative estimate of drug-likeness (QED) is 0.573. The number of aliphatic carboxylic acids is 1. The second-order valence-corrected chi connectivity index (χ2v) is 8.83. The number of amides is 2. The van der Waals surface area contributed by atoms with Gasteiger partial charge >= 0.3 is 11.9 Å². The number of thiazole rings is 1. The first kappa shape index (κ1) is 22.2. The Hall–Kier alpha value is -2.51. The molecule has 2 amide bonds. The number of carboxylic acid groups (broad SMARTS) is 1. The van der Waals surface area contributed by atoms with Crippen molar-refractivity contribution < 1.29 is 29.0 Å². The Morgan fingerprint density at radius 2 is 2.10 bits per heavy atom. The molecule has 2 aliphatic rings. The fraction of sp³-hybridized carbons (Fsp3) is 0.353. The maximum Gasteiger partial charge on any atom is 0.342 e. The van der Waals surface area contributed by atoms with E-state index >= 15 is 0 Å². The fourth-order valence-corrected chi connectivity index (χ4v) is 5.12. The molecule has 0 fully saturated rings. The third-order valence-electron chi connectivity index (χ3n) is 3.86. The summed E-state index contributed by atoms with van der Waals surface area (Å²) in [7, 11) is 0. The molecule has 1 aromatic heterocycles. The SMILES string of the molecule is CCOC(=O)Cc1csc(NC(=O)CSC2=NC(=O)C3C(=N2)SC(C(=O)O)=C3C)n1. The monoisotopic (exact) mass is 468 g/mol. The van der Waals surface area contributed by atoms with Crippen molar-refractivity contribution in [3.8, 4) is 0 Å². The van der Waals surface area contributed by atoms with E-state index in [1.54, 1.807) is 19.2 Å². The van der Waals surface area contributed by atoms with Gasteiger partial charge in [0.1, 0.15) is 5.92 Å². The standard InChI is InChI=1S/C17H16N4O6S3/c1-3-27-10(23)4-8-5-28-16(18-8)19-9(22)6-29-17-20-13(24)11-7(2)12(15(25)26)30-14(11)21-17/h5,11H,3-4,6H2,1-2H3,(H,25,26)(H,18,19,22). The van der Waals surface area contributed by atoms with Crippen molar-refractivity contribution in [1.29, 1.82) is 0 Å². The summed E-state index contributed by atoms with van der Waals surface area (Å²) < 4.78 is 4.85.